The van der Waals surface area contributed by atoms with E-state index < -0.39 is 21.6 Å². The van der Waals surface area contributed by atoms with Gasteiger partial charge in [-0.1, -0.05) is 23.6 Å². The Balaban J connectivity index is 2.84. The third-order valence-corrected chi connectivity index (χ3v) is 3.69. The van der Waals surface area contributed by atoms with Crippen molar-refractivity contribution in [1.29, 1.82) is 0 Å². The van der Waals surface area contributed by atoms with Gasteiger partial charge in [0.25, 0.3) is 10.0 Å². The van der Waals surface area contributed by atoms with Crippen LogP contribution in [0, 0.1) is 19.3 Å². The lowest BCUT2D eigenvalue weighted by molar-refractivity contribution is 0.240. The van der Waals surface area contributed by atoms with Gasteiger partial charge in [0, 0.05) is 0 Å². The second-order valence-corrected chi connectivity index (χ2v) is 6.32. The molecule has 0 aliphatic carbocycles. The molecule has 0 saturated heterocycles. The molecule has 5 nitrogen and oxygen atoms in total. The van der Waals surface area contributed by atoms with Crippen molar-refractivity contribution in [3.63, 3.8) is 0 Å². The van der Waals surface area contributed by atoms with Gasteiger partial charge in [-0.25, -0.2) is 17.9 Å². The first-order valence-corrected chi connectivity index (χ1v) is 7.04. The van der Waals surface area contributed by atoms with Crippen molar-refractivity contribution in [1.82, 2.24) is 10.0 Å². The quantitative estimate of drug-likeness (QED) is 0.822. The number of terminal acetylenes is 1. The van der Waals surface area contributed by atoms with Crippen LogP contribution in [-0.2, 0) is 10.0 Å². The van der Waals surface area contributed by atoms with E-state index in [1.54, 1.807) is 26.0 Å². The topological polar surface area (TPSA) is 75.3 Å². The van der Waals surface area contributed by atoms with Crippen molar-refractivity contribution >= 4 is 16.1 Å². The molecule has 1 aromatic rings. The predicted octanol–water partition coefficient (Wildman–Crippen LogP) is 1.39. The molecular weight excluding hydrogens is 264 g/mol. The van der Waals surface area contributed by atoms with Crippen molar-refractivity contribution in [2.24, 2.45) is 0 Å². The maximum Gasteiger partial charge on any atom is 0.329 e. The van der Waals surface area contributed by atoms with Crippen molar-refractivity contribution in [3.8, 4) is 12.3 Å². The molecule has 0 fully saturated rings. The zero-order chi connectivity index (χ0) is 14.7. The van der Waals surface area contributed by atoms with E-state index in [4.69, 9.17) is 6.42 Å². The van der Waals surface area contributed by atoms with E-state index in [0.29, 0.717) is 0 Å². The fourth-order valence-electron chi connectivity index (χ4n) is 1.24. The van der Waals surface area contributed by atoms with Crippen LogP contribution in [0.1, 0.15) is 19.4 Å². The second-order valence-electron chi connectivity index (χ2n) is 4.64. The van der Waals surface area contributed by atoms with E-state index in [0.717, 1.165) is 5.56 Å². The van der Waals surface area contributed by atoms with E-state index in [1.807, 2.05) is 11.6 Å². The van der Waals surface area contributed by atoms with Gasteiger partial charge in [-0.15, -0.1) is 6.42 Å². The summed E-state index contributed by atoms with van der Waals surface area (Å²) < 4.78 is 25.7. The Kier molecular flexibility index (Phi) is 4.22. The minimum atomic E-state index is -3.89. The molecule has 0 heterocycles. The van der Waals surface area contributed by atoms with Gasteiger partial charge in [-0.3, -0.25) is 0 Å². The fourth-order valence-corrected chi connectivity index (χ4v) is 2.15. The lowest BCUT2D eigenvalue weighted by Gasteiger charge is -2.19. The number of hydrogen-bond donors (Lipinski definition) is 2. The van der Waals surface area contributed by atoms with Crippen molar-refractivity contribution < 1.29 is 13.2 Å². The van der Waals surface area contributed by atoms with Crippen molar-refractivity contribution in [2.45, 2.75) is 31.2 Å². The van der Waals surface area contributed by atoms with Crippen LogP contribution in [0.2, 0.25) is 0 Å². The second kappa shape index (κ2) is 5.33. The minimum absolute atomic E-state index is 0.0202. The first-order valence-electron chi connectivity index (χ1n) is 5.56. The van der Waals surface area contributed by atoms with Crippen molar-refractivity contribution in [2.75, 3.05) is 0 Å². The first kappa shape index (κ1) is 15.1. The summed E-state index contributed by atoms with van der Waals surface area (Å²) in [5, 5.41) is 2.38. The van der Waals surface area contributed by atoms with Gasteiger partial charge >= 0.3 is 6.03 Å². The summed E-state index contributed by atoms with van der Waals surface area (Å²) in [6.45, 7) is 5.02. The highest BCUT2D eigenvalue weighted by molar-refractivity contribution is 7.90. The highest BCUT2D eigenvalue weighted by Gasteiger charge is 2.22. The van der Waals surface area contributed by atoms with Crippen LogP contribution in [0.15, 0.2) is 29.2 Å². The molecule has 102 valence electrons. The summed E-state index contributed by atoms with van der Waals surface area (Å²) in [7, 11) is -3.89. The van der Waals surface area contributed by atoms with E-state index in [9.17, 15) is 13.2 Å². The highest BCUT2D eigenvalue weighted by Crippen LogP contribution is 2.10. The maximum absolute atomic E-state index is 11.9. The van der Waals surface area contributed by atoms with Gasteiger partial charge < -0.3 is 5.32 Å². The number of benzene rings is 1. The van der Waals surface area contributed by atoms with Crippen molar-refractivity contribution in [3.05, 3.63) is 29.8 Å². The first-order chi connectivity index (χ1) is 8.66. The molecule has 0 saturated carbocycles. The third kappa shape index (κ3) is 4.30. The number of hydrogen-bond acceptors (Lipinski definition) is 3. The number of carbonyl (C=O) groups is 1. The SMILES string of the molecule is C#CC(C)(C)NC(=O)NS(=O)(=O)c1ccc(C)cc1. The normalized spacial score (nSPS) is 11.5. The molecule has 6 heteroatoms. The summed E-state index contributed by atoms with van der Waals surface area (Å²) in [6.07, 6.45) is 5.20. The molecule has 0 radical (unpaired) electrons. The Labute approximate surface area is 113 Å². The number of urea groups is 1. The van der Waals surface area contributed by atoms with Crippen LogP contribution >= 0.6 is 0 Å². The zero-order valence-electron chi connectivity index (χ0n) is 11.0. The summed E-state index contributed by atoms with van der Waals surface area (Å²) in [5.41, 5.74) is 0.00392. The molecular formula is C13H16N2O3S. The summed E-state index contributed by atoms with van der Waals surface area (Å²) in [5.74, 6) is 2.34. The van der Waals surface area contributed by atoms with Gasteiger partial charge in [0.2, 0.25) is 0 Å². The minimum Gasteiger partial charge on any atom is -0.322 e. The van der Waals surface area contributed by atoms with Crippen LogP contribution in [0.5, 0.6) is 0 Å². The third-order valence-electron chi connectivity index (χ3n) is 2.35. The Morgan fingerprint density at radius 2 is 1.79 bits per heavy atom. The van der Waals surface area contributed by atoms with Gasteiger partial charge in [0.15, 0.2) is 0 Å². The van der Waals surface area contributed by atoms with Gasteiger partial charge in [0.05, 0.1) is 10.4 Å². The van der Waals surface area contributed by atoms with E-state index in [1.165, 1.54) is 12.1 Å². The number of carbonyl (C=O) groups excluding carboxylic acids is 1. The molecule has 2 N–H and O–H groups in total. The Bertz CT molecular complexity index is 610. The number of aryl methyl sites for hydroxylation is 1. The largest absolute Gasteiger partial charge is 0.329 e. The van der Waals surface area contributed by atoms with Gasteiger partial charge in [0.1, 0.15) is 0 Å². The molecule has 0 spiro atoms. The number of sulfonamides is 1. The molecule has 19 heavy (non-hydrogen) atoms. The van der Waals surface area contributed by atoms with Crippen LogP contribution in [-0.4, -0.2) is 20.0 Å². The van der Waals surface area contributed by atoms with Gasteiger partial charge in [-0.05, 0) is 32.9 Å². The maximum atomic E-state index is 11.9. The number of nitrogens with one attached hydrogen (secondary N) is 2. The molecule has 1 aromatic carbocycles. The van der Waals surface area contributed by atoms with Crippen LogP contribution in [0.3, 0.4) is 0 Å². The molecule has 0 aliphatic heterocycles. The standard InChI is InChI=1S/C13H16N2O3S/c1-5-13(3,4)14-12(16)15-19(17,18)11-8-6-10(2)7-9-11/h1,6-9H,2-4H3,(H2,14,15,16). The lowest BCUT2D eigenvalue weighted by Crippen LogP contribution is -2.49. The molecule has 0 unspecified atom stereocenters. The molecule has 1 rings (SSSR count). The Hall–Kier alpha value is -2.00. The predicted molar refractivity (Wildman–Crippen MR) is 72.9 cm³/mol. The Morgan fingerprint density at radius 1 is 1.26 bits per heavy atom. The smallest absolute Gasteiger partial charge is 0.322 e. The monoisotopic (exact) mass is 280 g/mol. The molecule has 0 aliphatic rings. The average molecular weight is 280 g/mol. The number of amides is 2. The lowest BCUT2D eigenvalue weighted by atomic mass is 10.1. The van der Waals surface area contributed by atoms with E-state index in [2.05, 4.69) is 11.2 Å². The highest BCUT2D eigenvalue weighted by atomic mass is 32.2. The molecule has 0 aromatic heterocycles. The van der Waals surface area contributed by atoms with E-state index in [-0.39, 0.29) is 4.90 Å². The number of rotatable bonds is 3. The van der Waals surface area contributed by atoms with E-state index >= 15 is 0 Å². The molecule has 0 atom stereocenters. The van der Waals surface area contributed by atoms with Crippen LogP contribution < -0.4 is 10.0 Å². The summed E-state index contributed by atoms with van der Waals surface area (Å²) in [6, 6.07) is 5.30. The van der Waals surface area contributed by atoms with Gasteiger partial charge in [-0.2, -0.15) is 0 Å². The van der Waals surface area contributed by atoms with Crippen LogP contribution in [0.4, 0.5) is 4.79 Å². The molecule has 0 bridgehead atoms. The summed E-state index contributed by atoms with van der Waals surface area (Å²) >= 11 is 0. The zero-order valence-corrected chi connectivity index (χ0v) is 11.8. The van der Waals surface area contributed by atoms with Crippen LogP contribution in [0.25, 0.3) is 0 Å². The average Bonchev–Trinajstić information content (AvgIpc) is 2.28. The Morgan fingerprint density at radius 3 is 2.26 bits per heavy atom. The fraction of sp³-hybridized carbons (Fsp3) is 0.308. The summed E-state index contributed by atoms with van der Waals surface area (Å²) in [4.78, 5) is 11.6. The molecule has 2 amide bonds.